The van der Waals surface area contributed by atoms with Gasteiger partial charge in [-0.3, -0.25) is 0 Å². The van der Waals surface area contributed by atoms with Crippen LogP contribution in [0.15, 0.2) is 16.9 Å². The highest BCUT2D eigenvalue weighted by Gasteiger charge is 2.09. The quantitative estimate of drug-likeness (QED) is 0.702. The zero-order valence-electron chi connectivity index (χ0n) is 9.44. The number of nitrogens with one attached hydrogen (secondary N) is 2. The minimum Gasteiger partial charge on any atom is -0.362 e. The second-order valence-corrected chi connectivity index (χ2v) is 4.06. The van der Waals surface area contributed by atoms with Crippen LogP contribution in [0, 0.1) is 6.92 Å². The van der Waals surface area contributed by atoms with E-state index in [1.807, 2.05) is 13.0 Å². The first kappa shape index (κ1) is 11.0. The fourth-order valence-electron chi connectivity index (χ4n) is 1.61. The van der Waals surface area contributed by atoms with Gasteiger partial charge in [-0.15, -0.1) is 0 Å². The lowest BCUT2D eigenvalue weighted by atomic mass is 10.3. The summed E-state index contributed by atoms with van der Waals surface area (Å²) in [5.41, 5.74) is 2.02. The van der Waals surface area contributed by atoms with Crippen LogP contribution in [0.25, 0.3) is 11.2 Å². The van der Waals surface area contributed by atoms with E-state index in [1.54, 1.807) is 6.33 Å². The number of hydrogen-bond acceptors (Lipinski definition) is 6. The van der Waals surface area contributed by atoms with Crippen molar-refractivity contribution < 1.29 is 4.52 Å². The molecule has 0 unspecified atom stereocenters. The molecule has 3 aromatic rings. The maximum atomic E-state index is 5.82. The lowest BCUT2D eigenvalue weighted by Crippen LogP contribution is -2.03. The molecule has 18 heavy (non-hydrogen) atoms. The molecule has 0 aliphatic carbocycles. The highest BCUT2D eigenvalue weighted by Crippen LogP contribution is 2.19. The summed E-state index contributed by atoms with van der Waals surface area (Å²) in [6.45, 7) is 2.32. The van der Waals surface area contributed by atoms with E-state index in [0.717, 1.165) is 11.5 Å². The standard InChI is InChI=1S/C10H9ClN6O/c1-5-2-6(17-18-5)3-12-8-7-9(14-4-13-7)16-10(11)15-8/h2,4H,3H2,1H3,(H2,12,13,14,15,16). The first-order chi connectivity index (χ1) is 8.72. The Morgan fingerprint density at radius 1 is 1.44 bits per heavy atom. The van der Waals surface area contributed by atoms with Crippen molar-refractivity contribution in [3.63, 3.8) is 0 Å². The first-order valence-electron chi connectivity index (χ1n) is 5.25. The van der Waals surface area contributed by atoms with Crippen molar-refractivity contribution in [3.8, 4) is 0 Å². The van der Waals surface area contributed by atoms with Gasteiger partial charge in [-0.1, -0.05) is 5.16 Å². The second kappa shape index (κ2) is 4.26. The monoisotopic (exact) mass is 264 g/mol. The second-order valence-electron chi connectivity index (χ2n) is 3.72. The Labute approximate surface area is 107 Å². The Hall–Kier alpha value is -2.15. The van der Waals surface area contributed by atoms with Gasteiger partial charge in [0.2, 0.25) is 5.28 Å². The molecule has 3 rings (SSSR count). The number of aromatic amines is 1. The van der Waals surface area contributed by atoms with Crippen LogP contribution in [0.4, 0.5) is 5.82 Å². The maximum Gasteiger partial charge on any atom is 0.226 e. The van der Waals surface area contributed by atoms with Crippen LogP contribution in [-0.4, -0.2) is 25.1 Å². The Morgan fingerprint density at radius 2 is 2.33 bits per heavy atom. The number of fused-ring (bicyclic) bond motifs is 1. The number of nitrogens with zero attached hydrogens (tertiary/aromatic N) is 4. The van der Waals surface area contributed by atoms with Crippen molar-refractivity contribution in [1.29, 1.82) is 0 Å². The van der Waals surface area contributed by atoms with Gasteiger partial charge in [-0.25, -0.2) is 4.98 Å². The molecule has 0 radical (unpaired) electrons. The molecule has 0 aromatic carbocycles. The van der Waals surface area contributed by atoms with Gasteiger partial charge in [0.25, 0.3) is 0 Å². The lowest BCUT2D eigenvalue weighted by molar-refractivity contribution is 0.391. The molecule has 0 atom stereocenters. The number of imidazole rings is 1. The molecule has 0 bridgehead atoms. The van der Waals surface area contributed by atoms with Crippen LogP contribution in [0.5, 0.6) is 0 Å². The zero-order valence-corrected chi connectivity index (χ0v) is 10.2. The van der Waals surface area contributed by atoms with Gasteiger partial charge in [0.05, 0.1) is 12.9 Å². The number of aromatic nitrogens is 5. The third-order valence-electron chi connectivity index (χ3n) is 2.37. The van der Waals surface area contributed by atoms with Crippen molar-refractivity contribution >= 4 is 28.6 Å². The minimum absolute atomic E-state index is 0.147. The van der Waals surface area contributed by atoms with Crippen molar-refractivity contribution in [1.82, 2.24) is 25.1 Å². The molecule has 3 heterocycles. The maximum absolute atomic E-state index is 5.82. The summed E-state index contributed by atoms with van der Waals surface area (Å²) in [6.07, 6.45) is 1.54. The number of anilines is 1. The summed E-state index contributed by atoms with van der Waals surface area (Å²) in [4.78, 5) is 15.1. The number of H-pyrrole nitrogens is 1. The molecule has 0 spiro atoms. The normalized spacial score (nSPS) is 11.0. The average molecular weight is 265 g/mol. The van der Waals surface area contributed by atoms with E-state index in [0.29, 0.717) is 23.5 Å². The van der Waals surface area contributed by atoms with Crippen LogP contribution >= 0.6 is 11.6 Å². The molecule has 7 nitrogen and oxygen atoms in total. The predicted octanol–water partition coefficient (Wildman–Crippen LogP) is 1.91. The number of halogens is 1. The fraction of sp³-hybridized carbons (Fsp3) is 0.200. The molecule has 92 valence electrons. The van der Waals surface area contributed by atoms with E-state index in [2.05, 4.69) is 30.4 Å². The number of rotatable bonds is 3. The fourth-order valence-corrected chi connectivity index (χ4v) is 1.77. The van der Waals surface area contributed by atoms with Gasteiger partial charge < -0.3 is 14.8 Å². The van der Waals surface area contributed by atoms with Crippen LogP contribution in [0.2, 0.25) is 5.28 Å². The number of aryl methyl sites for hydroxylation is 1. The molecule has 0 aliphatic rings. The lowest BCUT2D eigenvalue weighted by Gasteiger charge is -2.03. The predicted molar refractivity (Wildman–Crippen MR) is 65.3 cm³/mol. The molecule has 0 aliphatic heterocycles. The molecular weight excluding hydrogens is 256 g/mol. The van der Waals surface area contributed by atoms with Crippen LogP contribution in [0.3, 0.4) is 0 Å². The molecule has 0 saturated carbocycles. The summed E-state index contributed by atoms with van der Waals surface area (Å²) in [5.74, 6) is 1.35. The largest absolute Gasteiger partial charge is 0.362 e. The van der Waals surface area contributed by atoms with Crippen molar-refractivity contribution in [2.75, 3.05) is 5.32 Å². The van der Waals surface area contributed by atoms with E-state index < -0.39 is 0 Å². The van der Waals surface area contributed by atoms with Gasteiger partial charge in [-0.05, 0) is 18.5 Å². The average Bonchev–Trinajstić information content (AvgIpc) is 2.94. The van der Waals surface area contributed by atoms with E-state index in [1.165, 1.54) is 0 Å². The summed E-state index contributed by atoms with van der Waals surface area (Å²) >= 11 is 5.82. The summed E-state index contributed by atoms with van der Waals surface area (Å²) in [7, 11) is 0. The third-order valence-corrected chi connectivity index (χ3v) is 2.54. The topological polar surface area (TPSA) is 92.5 Å². The van der Waals surface area contributed by atoms with E-state index in [9.17, 15) is 0 Å². The van der Waals surface area contributed by atoms with E-state index >= 15 is 0 Å². The highest BCUT2D eigenvalue weighted by molar-refractivity contribution is 6.28. The van der Waals surface area contributed by atoms with Gasteiger partial charge in [0.1, 0.15) is 17.0 Å². The summed E-state index contributed by atoms with van der Waals surface area (Å²) in [6, 6.07) is 1.85. The van der Waals surface area contributed by atoms with Crippen LogP contribution in [-0.2, 0) is 6.54 Å². The Morgan fingerprint density at radius 3 is 3.11 bits per heavy atom. The Balaban J connectivity index is 1.87. The van der Waals surface area contributed by atoms with Crippen molar-refractivity contribution in [3.05, 3.63) is 29.1 Å². The molecule has 0 fully saturated rings. The van der Waals surface area contributed by atoms with Gasteiger partial charge >= 0.3 is 0 Å². The minimum atomic E-state index is 0.147. The molecule has 0 saturated heterocycles. The third kappa shape index (κ3) is 2.00. The van der Waals surface area contributed by atoms with Gasteiger partial charge in [0.15, 0.2) is 11.5 Å². The number of hydrogen-bond donors (Lipinski definition) is 2. The molecule has 0 amide bonds. The Kier molecular flexibility index (Phi) is 2.60. The van der Waals surface area contributed by atoms with Crippen molar-refractivity contribution in [2.45, 2.75) is 13.5 Å². The Bertz CT molecular complexity index is 691. The zero-order chi connectivity index (χ0) is 12.5. The van der Waals surface area contributed by atoms with Crippen LogP contribution < -0.4 is 5.32 Å². The van der Waals surface area contributed by atoms with E-state index in [-0.39, 0.29) is 5.28 Å². The highest BCUT2D eigenvalue weighted by atomic mass is 35.5. The van der Waals surface area contributed by atoms with Crippen LogP contribution in [0.1, 0.15) is 11.5 Å². The van der Waals surface area contributed by atoms with Gasteiger partial charge in [-0.2, -0.15) is 9.97 Å². The molecule has 2 N–H and O–H groups in total. The van der Waals surface area contributed by atoms with E-state index in [4.69, 9.17) is 16.1 Å². The molecule has 3 aromatic heterocycles. The smallest absolute Gasteiger partial charge is 0.226 e. The first-order valence-corrected chi connectivity index (χ1v) is 5.63. The van der Waals surface area contributed by atoms with Gasteiger partial charge in [0, 0.05) is 6.07 Å². The summed E-state index contributed by atoms with van der Waals surface area (Å²) in [5, 5.41) is 7.14. The molecular formula is C10H9ClN6O. The summed E-state index contributed by atoms with van der Waals surface area (Å²) < 4.78 is 4.98. The molecule has 8 heteroatoms. The van der Waals surface area contributed by atoms with Crippen molar-refractivity contribution in [2.24, 2.45) is 0 Å². The SMILES string of the molecule is Cc1cc(CNc2nc(Cl)nc3nc[nH]c23)no1.